The van der Waals surface area contributed by atoms with Crippen molar-refractivity contribution in [3.05, 3.63) is 59.7 Å². The lowest BCUT2D eigenvalue weighted by atomic mass is 10.0. The van der Waals surface area contributed by atoms with E-state index in [-0.39, 0.29) is 5.91 Å². The predicted octanol–water partition coefficient (Wildman–Crippen LogP) is 2.94. The monoisotopic (exact) mass is 241 g/mol. The molecule has 0 unspecified atom stereocenters. The van der Waals surface area contributed by atoms with Crippen LogP contribution in [-0.2, 0) is 11.2 Å². The van der Waals surface area contributed by atoms with Crippen LogP contribution in [-0.4, -0.2) is 11.0 Å². The van der Waals surface area contributed by atoms with Gasteiger partial charge in [0.2, 0.25) is 5.91 Å². The highest BCUT2D eigenvalue weighted by atomic mass is 16.3. The third kappa shape index (κ3) is 3.10. The van der Waals surface area contributed by atoms with Gasteiger partial charge in [0, 0.05) is 19.0 Å². The van der Waals surface area contributed by atoms with E-state index in [1.165, 1.54) is 6.92 Å². The van der Waals surface area contributed by atoms with Gasteiger partial charge in [-0.1, -0.05) is 30.3 Å². The van der Waals surface area contributed by atoms with E-state index in [1.807, 2.05) is 36.4 Å². The van der Waals surface area contributed by atoms with Crippen molar-refractivity contribution >= 4 is 11.6 Å². The third-order valence-corrected chi connectivity index (χ3v) is 2.66. The minimum Gasteiger partial charge on any atom is -0.508 e. The number of aromatic hydroxyl groups is 1. The quantitative estimate of drug-likeness (QED) is 0.868. The highest BCUT2D eigenvalue weighted by Crippen LogP contribution is 2.20. The molecule has 0 atom stereocenters. The first kappa shape index (κ1) is 12.2. The molecule has 1 amide bonds. The zero-order valence-electron chi connectivity index (χ0n) is 10.2. The van der Waals surface area contributed by atoms with Gasteiger partial charge in [0.1, 0.15) is 5.75 Å². The second-order valence-electron chi connectivity index (χ2n) is 4.18. The number of amides is 1. The van der Waals surface area contributed by atoms with Crippen LogP contribution < -0.4 is 5.32 Å². The number of rotatable bonds is 3. The molecule has 18 heavy (non-hydrogen) atoms. The summed E-state index contributed by atoms with van der Waals surface area (Å²) in [5.41, 5.74) is 2.76. The number of nitrogens with one attached hydrogen (secondary N) is 1. The van der Waals surface area contributed by atoms with E-state index in [2.05, 4.69) is 5.32 Å². The first-order valence-corrected chi connectivity index (χ1v) is 5.78. The molecule has 2 rings (SSSR count). The molecule has 2 aromatic carbocycles. The van der Waals surface area contributed by atoms with Gasteiger partial charge in [-0.15, -0.1) is 0 Å². The Morgan fingerprint density at radius 3 is 2.39 bits per heavy atom. The van der Waals surface area contributed by atoms with E-state index in [4.69, 9.17) is 0 Å². The lowest BCUT2D eigenvalue weighted by Crippen LogP contribution is -2.05. The molecule has 0 aliphatic carbocycles. The summed E-state index contributed by atoms with van der Waals surface area (Å²) in [6.45, 7) is 1.48. The van der Waals surface area contributed by atoms with E-state index < -0.39 is 0 Å². The van der Waals surface area contributed by atoms with Gasteiger partial charge in [-0.25, -0.2) is 0 Å². The molecule has 0 aromatic heterocycles. The molecule has 0 heterocycles. The number of hydrogen-bond acceptors (Lipinski definition) is 2. The second kappa shape index (κ2) is 5.36. The number of para-hydroxylation sites is 1. The minimum atomic E-state index is -0.0801. The Bertz CT molecular complexity index is 547. The van der Waals surface area contributed by atoms with Crippen molar-refractivity contribution in [3.63, 3.8) is 0 Å². The van der Waals surface area contributed by atoms with Crippen molar-refractivity contribution < 1.29 is 9.90 Å². The van der Waals surface area contributed by atoms with E-state index in [0.29, 0.717) is 12.2 Å². The first-order chi connectivity index (χ1) is 8.65. The molecule has 92 valence electrons. The number of anilines is 1. The molecule has 0 radical (unpaired) electrons. The normalized spacial score (nSPS) is 10.1. The van der Waals surface area contributed by atoms with Gasteiger partial charge in [-0.2, -0.15) is 0 Å². The molecule has 2 N–H and O–H groups in total. The van der Waals surface area contributed by atoms with Gasteiger partial charge >= 0.3 is 0 Å². The molecular formula is C15H15NO2. The molecule has 0 bridgehead atoms. The Morgan fingerprint density at radius 2 is 1.78 bits per heavy atom. The van der Waals surface area contributed by atoms with Crippen LogP contribution in [0.3, 0.4) is 0 Å². The number of phenols is 1. The molecular weight excluding hydrogens is 226 g/mol. The van der Waals surface area contributed by atoms with Crippen LogP contribution in [0.25, 0.3) is 0 Å². The number of benzene rings is 2. The number of hydrogen-bond donors (Lipinski definition) is 2. The smallest absolute Gasteiger partial charge is 0.221 e. The van der Waals surface area contributed by atoms with Crippen LogP contribution in [0.2, 0.25) is 0 Å². The molecule has 0 saturated heterocycles. The maximum absolute atomic E-state index is 10.9. The SMILES string of the molecule is CC(=O)Nc1ccc(Cc2ccccc2O)cc1. The average molecular weight is 241 g/mol. The van der Waals surface area contributed by atoms with Crippen LogP contribution in [0.5, 0.6) is 5.75 Å². The molecule has 3 nitrogen and oxygen atoms in total. The fraction of sp³-hybridized carbons (Fsp3) is 0.133. The molecule has 2 aromatic rings. The number of phenolic OH excluding ortho intramolecular Hbond substituents is 1. The van der Waals surface area contributed by atoms with Gasteiger partial charge in [-0.05, 0) is 29.3 Å². The van der Waals surface area contributed by atoms with Crippen molar-refractivity contribution in [2.75, 3.05) is 5.32 Å². The summed E-state index contributed by atoms with van der Waals surface area (Å²) in [4.78, 5) is 10.9. The highest BCUT2D eigenvalue weighted by Gasteiger charge is 2.02. The average Bonchev–Trinajstić information content (AvgIpc) is 2.34. The third-order valence-electron chi connectivity index (χ3n) is 2.66. The maximum Gasteiger partial charge on any atom is 0.221 e. The Kier molecular flexibility index (Phi) is 3.63. The second-order valence-corrected chi connectivity index (χ2v) is 4.18. The summed E-state index contributed by atoms with van der Waals surface area (Å²) < 4.78 is 0. The first-order valence-electron chi connectivity index (χ1n) is 5.78. The zero-order valence-corrected chi connectivity index (χ0v) is 10.2. The summed E-state index contributed by atoms with van der Waals surface area (Å²) in [5.74, 6) is 0.229. The van der Waals surface area contributed by atoms with Crippen LogP contribution in [0.1, 0.15) is 18.1 Å². The number of carbonyl (C=O) groups excluding carboxylic acids is 1. The van der Waals surface area contributed by atoms with Gasteiger partial charge in [0.05, 0.1) is 0 Å². The minimum absolute atomic E-state index is 0.0801. The maximum atomic E-state index is 10.9. The lowest BCUT2D eigenvalue weighted by Gasteiger charge is -2.06. The van der Waals surface area contributed by atoms with Crippen LogP contribution in [0, 0.1) is 0 Å². The predicted molar refractivity (Wildman–Crippen MR) is 71.7 cm³/mol. The fourth-order valence-corrected chi connectivity index (χ4v) is 1.79. The van der Waals surface area contributed by atoms with E-state index in [9.17, 15) is 9.90 Å². The van der Waals surface area contributed by atoms with Crippen molar-refractivity contribution in [1.82, 2.24) is 0 Å². The van der Waals surface area contributed by atoms with Gasteiger partial charge in [-0.3, -0.25) is 4.79 Å². The van der Waals surface area contributed by atoms with E-state index in [1.54, 1.807) is 12.1 Å². The lowest BCUT2D eigenvalue weighted by molar-refractivity contribution is -0.114. The van der Waals surface area contributed by atoms with E-state index in [0.717, 1.165) is 16.8 Å². The fourth-order valence-electron chi connectivity index (χ4n) is 1.79. The molecule has 0 saturated carbocycles. The van der Waals surface area contributed by atoms with Crippen molar-refractivity contribution in [2.45, 2.75) is 13.3 Å². The van der Waals surface area contributed by atoms with E-state index >= 15 is 0 Å². The Hall–Kier alpha value is -2.29. The summed E-state index contributed by atoms with van der Waals surface area (Å²) in [6.07, 6.45) is 0.674. The largest absolute Gasteiger partial charge is 0.508 e. The molecule has 0 fully saturated rings. The van der Waals surface area contributed by atoms with Crippen LogP contribution in [0.4, 0.5) is 5.69 Å². The van der Waals surface area contributed by atoms with Crippen LogP contribution >= 0.6 is 0 Å². The zero-order chi connectivity index (χ0) is 13.0. The molecule has 0 aliphatic heterocycles. The standard InChI is InChI=1S/C15H15NO2/c1-11(17)16-14-8-6-12(7-9-14)10-13-4-2-3-5-15(13)18/h2-9,18H,10H2,1H3,(H,16,17). The highest BCUT2D eigenvalue weighted by molar-refractivity contribution is 5.88. The van der Waals surface area contributed by atoms with Crippen LogP contribution in [0.15, 0.2) is 48.5 Å². The molecule has 3 heteroatoms. The summed E-state index contributed by atoms with van der Waals surface area (Å²) in [5, 5.41) is 12.4. The Balaban J connectivity index is 2.11. The Morgan fingerprint density at radius 1 is 1.11 bits per heavy atom. The van der Waals surface area contributed by atoms with Crippen molar-refractivity contribution in [3.8, 4) is 5.75 Å². The van der Waals surface area contributed by atoms with Crippen molar-refractivity contribution in [1.29, 1.82) is 0 Å². The van der Waals surface area contributed by atoms with Gasteiger partial charge in [0.25, 0.3) is 0 Å². The Labute approximate surface area is 106 Å². The summed E-state index contributed by atoms with van der Waals surface area (Å²) in [7, 11) is 0. The van der Waals surface area contributed by atoms with Gasteiger partial charge < -0.3 is 10.4 Å². The van der Waals surface area contributed by atoms with Crippen molar-refractivity contribution in [2.24, 2.45) is 0 Å². The summed E-state index contributed by atoms with van der Waals surface area (Å²) >= 11 is 0. The number of carbonyl (C=O) groups is 1. The molecule has 0 spiro atoms. The molecule has 0 aliphatic rings. The topological polar surface area (TPSA) is 49.3 Å². The van der Waals surface area contributed by atoms with Gasteiger partial charge in [0.15, 0.2) is 0 Å². The summed E-state index contributed by atoms with van der Waals surface area (Å²) in [6, 6.07) is 14.9.